The summed E-state index contributed by atoms with van der Waals surface area (Å²) in [6, 6.07) is 1.82. The van der Waals surface area contributed by atoms with Crippen LogP contribution in [0.1, 0.15) is 25.1 Å². The van der Waals surface area contributed by atoms with Crippen LogP contribution >= 0.6 is 11.6 Å². The lowest BCUT2D eigenvalue weighted by Gasteiger charge is -2.33. The summed E-state index contributed by atoms with van der Waals surface area (Å²) in [5.41, 5.74) is 0. The highest BCUT2D eigenvalue weighted by Crippen LogP contribution is 2.24. The first-order valence-corrected chi connectivity index (χ1v) is 6.44. The molecule has 1 N–H and O–H groups in total. The minimum atomic E-state index is 0.266. The number of halogens is 1. The van der Waals surface area contributed by atoms with Crippen molar-refractivity contribution in [3.8, 4) is 0 Å². The fourth-order valence-corrected chi connectivity index (χ4v) is 2.59. The third kappa shape index (κ3) is 3.30. The largest absolute Gasteiger partial charge is 0.396 e. The molecule has 1 saturated heterocycles. The molecule has 5 heteroatoms. The molecule has 0 unspecified atom stereocenters. The van der Waals surface area contributed by atoms with Gasteiger partial charge in [-0.2, -0.15) is 0 Å². The van der Waals surface area contributed by atoms with Crippen molar-refractivity contribution in [3.63, 3.8) is 0 Å². The summed E-state index contributed by atoms with van der Waals surface area (Å²) in [6.45, 7) is 4.08. The molecule has 1 atom stereocenters. The summed E-state index contributed by atoms with van der Waals surface area (Å²) in [6.07, 6.45) is 3.20. The molecule has 0 saturated carbocycles. The number of rotatable bonds is 3. The van der Waals surface area contributed by atoms with Crippen LogP contribution in [0.5, 0.6) is 0 Å². The van der Waals surface area contributed by atoms with Gasteiger partial charge in [0.1, 0.15) is 16.8 Å². The minimum absolute atomic E-state index is 0.266. The lowest BCUT2D eigenvalue weighted by molar-refractivity contribution is 0.244. The Bertz CT molecular complexity index is 364. The van der Waals surface area contributed by atoms with Crippen LogP contribution in [0, 0.1) is 12.8 Å². The number of anilines is 1. The van der Waals surface area contributed by atoms with Gasteiger partial charge < -0.3 is 10.0 Å². The quantitative estimate of drug-likeness (QED) is 0.840. The van der Waals surface area contributed by atoms with Crippen molar-refractivity contribution in [1.82, 2.24) is 9.97 Å². The van der Waals surface area contributed by atoms with E-state index < -0.39 is 0 Å². The Morgan fingerprint density at radius 1 is 1.53 bits per heavy atom. The summed E-state index contributed by atoms with van der Waals surface area (Å²) in [5.74, 6) is 2.17. The Balaban J connectivity index is 2.10. The highest BCUT2D eigenvalue weighted by atomic mass is 35.5. The summed E-state index contributed by atoms with van der Waals surface area (Å²) in [4.78, 5) is 10.7. The van der Waals surface area contributed by atoms with E-state index in [4.69, 9.17) is 16.7 Å². The van der Waals surface area contributed by atoms with Crippen molar-refractivity contribution >= 4 is 17.4 Å². The van der Waals surface area contributed by atoms with Gasteiger partial charge in [-0.05, 0) is 32.1 Å². The van der Waals surface area contributed by atoms with E-state index in [1.165, 1.54) is 6.42 Å². The van der Waals surface area contributed by atoms with Crippen LogP contribution in [0.15, 0.2) is 6.07 Å². The summed E-state index contributed by atoms with van der Waals surface area (Å²) in [7, 11) is 0. The number of hydrogen-bond acceptors (Lipinski definition) is 4. The zero-order valence-corrected chi connectivity index (χ0v) is 10.8. The zero-order chi connectivity index (χ0) is 12.3. The van der Waals surface area contributed by atoms with Crippen LogP contribution in [0.2, 0.25) is 5.15 Å². The van der Waals surface area contributed by atoms with Gasteiger partial charge in [0.25, 0.3) is 0 Å². The van der Waals surface area contributed by atoms with Crippen molar-refractivity contribution in [1.29, 1.82) is 0 Å². The first-order chi connectivity index (χ1) is 8.19. The number of hydrogen-bond donors (Lipinski definition) is 1. The maximum Gasteiger partial charge on any atom is 0.134 e. The highest BCUT2D eigenvalue weighted by Gasteiger charge is 2.20. The number of aromatic nitrogens is 2. The number of piperidine rings is 1. The van der Waals surface area contributed by atoms with E-state index in [1.54, 1.807) is 0 Å². The fraction of sp³-hybridized carbons (Fsp3) is 0.667. The monoisotopic (exact) mass is 255 g/mol. The first-order valence-electron chi connectivity index (χ1n) is 6.06. The van der Waals surface area contributed by atoms with Crippen molar-refractivity contribution in [2.24, 2.45) is 5.92 Å². The summed E-state index contributed by atoms with van der Waals surface area (Å²) >= 11 is 5.95. The van der Waals surface area contributed by atoms with Gasteiger partial charge in [0.15, 0.2) is 0 Å². The molecule has 1 aromatic heterocycles. The first kappa shape index (κ1) is 12.6. The normalized spacial score (nSPS) is 20.6. The lowest BCUT2D eigenvalue weighted by atomic mass is 9.95. The predicted octanol–water partition coefficient (Wildman–Crippen LogP) is 2.04. The van der Waals surface area contributed by atoms with Crippen molar-refractivity contribution in [2.45, 2.75) is 26.2 Å². The van der Waals surface area contributed by atoms with Crippen LogP contribution in [0.4, 0.5) is 5.82 Å². The lowest BCUT2D eigenvalue weighted by Crippen LogP contribution is -2.36. The smallest absolute Gasteiger partial charge is 0.134 e. The second-order valence-electron chi connectivity index (χ2n) is 4.56. The Morgan fingerprint density at radius 2 is 2.35 bits per heavy atom. The molecule has 94 valence electrons. The maximum absolute atomic E-state index is 9.00. The zero-order valence-electron chi connectivity index (χ0n) is 10.1. The molecular weight excluding hydrogens is 238 g/mol. The van der Waals surface area contributed by atoms with Crippen LogP contribution in [0.25, 0.3) is 0 Å². The van der Waals surface area contributed by atoms with Gasteiger partial charge in [0.2, 0.25) is 0 Å². The standard InChI is InChI=1S/C12H18ClN3O/c1-9-14-11(13)7-12(15-9)16-5-2-3-10(8-16)4-6-17/h7,10,17H,2-6,8H2,1H3/t10-/m1/s1. The van der Waals surface area contributed by atoms with Gasteiger partial charge in [0, 0.05) is 25.8 Å². The molecular formula is C12H18ClN3O. The van der Waals surface area contributed by atoms with Crippen LogP contribution in [-0.4, -0.2) is 34.8 Å². The molecule has 4 nitrogen and oxygen atoms in total. The van der Waals surface area contributed by atoms with E-state index in [0.29, 0.717) is 16.9 Å². The Morgan fingerprint density at radius 3 is 3.06 bits per heavy atom. The van der Waals surface area contributed by atoms with Crippen LogP contribution in [0.3, 0.4) is 0 Å². The third-order valence-electron chi connectivity index (χ3n) is 3.17. The molecule has 0 amide bonds. The van der Waals surface area contributed by atoms with Gasteiger partial charge in [0.05, 0.1) is 0 Å². The summed E-state index contributed by atoms with van der Waals surface area (Å²) in [5, 5.41) is 9.50. The van der Waals surface area contributed by atoms with E-state index >= 15 is 0 Å². The third-order valence-corrected chi connectivity index (χ3v) is 3.37. The van der Waals surface area contributed by atoms with E-state index in [9.17, 15) is 0 Å². The van der Waals surface area contributed by atoms with E-state index in [0.717, 1.165) is 31.7 Å². The Kier molecular flexibility index (Phi) is 4.18. The molecule has 1 aliphatic rings. The van der Waals surface area contributed by atoms with Gasteiger partial charge in [-0.3, -0.25) is 0 Å². The molecule has 0 radical (unpaired) electrons. The molecule has 17 heavy (non-hydrogen) atoms. The minimum Gasteiger partial charge on any atom is -0.396 e. The molecule has 1 fully saturated rings. The van der Waals surface area contributed by atoms with Crippen molar-refractivity contribution < 1.29 is 5.11 Å². The molecule has 0 aromatic carbocycles. The molecule has 2 rings (SSSR count). The molecule has 1 aliphatic heterocycles. The number of aryl methyl sites for hydroxylation is 1. The van der Waals surface area contributed by atoms with Crippen LogP contribution < -0.4 is 4.90 Å². The van der Waals surface area contributed by atoms with Crippen molar-refractivity contribution in [3.05, 3.63) is 17.0 Å². The second-order valence-corrected chi connectivity index (χ2v) is 4.95. The van der Waals surface area contributed by atoms with E-state index in [2.05, 4.69) is 14.9 Å². The average Bonchev–Trinajstić information content (AvgIpc) is 2.28. The fourth-order valence-electron chi connectivity index (χ4n) is 2.37. The SMILES string of the molecule is Cc1nc(Cl)cc(N2CCC[C@H](CCO)C2)n1. The van der Waals surface area contributed by atoms with E-state index in [-0.39, 0.29) is 6.61 Å². The predicted molar refractivity (Wildman–Crippen MR) is 68.4 cm³/mol. The molecule has 0 spiro atoms. The molecule has 2 heterocycles. The van der Waals surface area contributed by atoms with Gasteiger partial charge in [-0.15, -0.1) is 0 Å². The Labute approximate surface area is 107 Å². The van der Waals surface area contributed by atoms with Gasteiger partial charge >= 0.3 is 0 Å². The number of nitrogens with zero attached hydrogens (tertiary/aromatic N) is 3. The molecule has 1 aromatic rings. The maximum atomic E-state index is 9.00. The number of aliphatic hydroxyl groups is 1. The molecule has 0 bridgehead atoms. The van der Waals surface area contributed by atoms with Gasteiger partial charge in [-0.1, -0.05) is 11.6 Å². The summed E-state index contributed by atoms with van der Waals surface area (Å²) < 4.78 is 0. The Hall–Kier alpha value is -0.870. The van der Waals surface area contributed by atoms with E-state index in [1.807, 2.05) is 13.0 Å². The van der Waals surface area contributed by atoms with Crippen molar-refractivity contribution in [2.75, 3.05) is 24.6 Å². The average molecular weight is 256 g/mol. The van der Waals surface area contributed by atoms with Gasteiger partial charge in [-0.25, -0.2) is 9.97 Å². The molecule has 0 aliphatic carbocycles. The highest BCUT2D eigenvalue weighted by molar-refractivity contribution is 6.29. The second kappa shape index (κ2) is 5.65. The topological polar surface area (TPSA) is 49.2 Å². The van der Waals surface area contributed by atoms with Crippen LogP contribution in [-0.2, 0) is 0 Å². The number of aliphatic hydroxyl groups excluding tert-OH is 1.